The zero-order chi connectivity index (χ0) is 23.2. The summed E-state index contributed by atoms with van der Waals surface area (Å²) in [6, 6.07) is 0.239. The Hall–Kier alpha value is -3.84. The van der Waals surface area contributed by atoms with Crippen LogP contribution in [-0.4, -0.2) is 93.3 Å². The summed E-state index contributed by atoms with van der Waals surface area (Å²) in [6.45, 7) is 4.90. The summed E-state index contributed by atoms with van der Waals surface area (Å²) in [5.74, 6) is 0.190. The van der Waals surface area contributed by atoms with Crippen molar-refractivity contribution in [2.24, 2.45) is 4.99 Å². The van der Waals surface area contributed by atoms with Crippen LogP contribution in [0.25, 0.3) is 17.7 Å². The minimum Gasteiger partial charge on any atom is -0.493 e. The van der Waals surface area contributed by atoms with Crippen LogP contribution in [0.4, 0.5) is 0 Å². The molecule has 1 aliphatic carbocycles. The molecule has 0 bridgehead atoms. The molecule has 0 aromatic carbocycles. The quantitative estimate of drug-likeness (QED) is 0.320. The summed E-state index contributed by atoms with van der Waals surface area (Å²) in [5, 5.41) is 15.0. The fourth-order valence-electron chi connectivity index (χ4n) is 3.97. The molecule has 2 fully saturated rings. The number of nitrogens with zero attached hydrogens (tertiary/aromatic N) is 9. The largest absolute Gasteiger partial charge is 0.493 e. The van der Waals surface area contributed by atoms with Gasteiger partial charge in [0.2, 0.25) is 11.8 Å². The Labute approximate surface area is 193 Å². The van der Waals surface area contributed by atoms with E-state index < -0.39 is 5.69 Å². The summed E-state index contributed by atoms with van der Waals surface area (Å²) in [5.41, 5.74) is 1.68. The summed E-state index contributed by atoms with van der Waals surface area (Å²) >= 11 is 0. The number of aromatic hydroxyl groups is 1. The molecule has 4 aromatic heterocycles. The molecule has 4 aromatic rings. The SMILES string of the molecule is CN1CCN(Cc2cn(-c3nc(=NC4CC4)n4ncc(=Cc5[nH]c(=O)[nH]c5O)c4n3)cn2)CC1. The van der Waals surface area contributed by atoms with E-state index in [1.165, 1.54) is 0 Å². The zero-order valence-electron chi connectivity index (χ0n) is 18.7. The van der Waals surface area contributed by atoms with E-state index in [1.807, 2.05) is 6.20 Å². The van der Waals surface area contributed by atoms with E-state index in [0.29, 0.717) is 22.4 Å². The highest BCUT2D eigenvalue weighted by molar-refractivity contribution is 5.56. The number of aromatic nitrogens is 8. The van der Waals surface area contributed by atoms with Crippen molar-refractivity contribution in [2.45, 2.75) is 25.4 Å². The van der Waals surface area contributed by atoms with Crippen LogP contribution in [-0.2, 0) is 6.54 Å². The second-order valence-electron chi connectivity index (χ2n) is 8.86. The molecule has 13 heteroatoms. The molecule has 0 amide bonds. The van der Waals surface area contributed by atoms with Crippen molar-refractivity contribution < 1.29 is 5.11 Å². The molecular formula is C21H25N11O2. The number of imidazole rings is 2. The molecule has 3 N–H and O–H groups in total. The van der Waals surface area contributed by atoms with Crippen LogP contribution in [0.2, 0.25) is 0 Å². The Morgan fingerprint density at radius 3 is 2.76 bits per heavy atom. The summed E-state index contributed by atoms with van der Waals surface area (Å²) < 4.78 is 3.38. The number of hydrogen-bond acceptors (Lipinski definition) is 9. The van der Waals surface area contributed by atoms with Crippen LogP contribution < -0.4 is 16.5 Å². The Kier molecular flexibility index (Phi) is 4.99. The molecule has 13 nitrogen and oxygen atoms in total. The van der Waals surface area contributed by atoms with E-state index in [9.17, 15) is 9.90 Å². The lowest BCUT2D eigenvalue weighted by Gasteiger charge is -2.31. The fourth-order valence-corrected chi connectivity index (χ4v) is 3.97. The van der Waals surface area contributed by atoms with Gasteiger partial charge in [-0.25, -0.2) is 14.8 Å². The van der Waals surface area contributed by atoms with Crippen LogP contribution in [0.3, 0.4) is 0 Å². The normalized spacial score (nSPS) is 19.0. The Balaban J connectivity index is 1.40. The van der Waals surface area contributed by atoms with Gasteiger partial charge in [-0.15, -0.1) is 0 Å². The molecule has 6 rings (SSSR count). The third-order valence-corrected chi connectivity index (χ3v) is 6.09. The molecule has 0 atom stereocenters. The molecule has 1 saturated heterocycles. The van der Waals surface area contributed by atoms with E-state index in [2.05, 4.69) is 41.9 Å². The van der Waals surface area contributed by atoms with E-state index in [4.69, 9.17) is 9.98 Å². The number of fused-ring (bicyclic) bond motifs is 1. The number of piperazine rings is 1. The van der Waals surface area contributed by atoms with Gasteiger partial charge in [0.25, 0.3) is 5.62 Å². The highest BCUT2D eigenvalue weighted by Crippen LogP contribution is 2.22. The maximum Gasteiger partial charge on any atom is 0.326 e. The van der Waals surface area contributed by atoms with E-state index in [-0.39, 0.29) is 17.6 Å². The predicted octanol–water partition coefficient (Wildman–Crippen LogP) is -1.61. The standard InChI is InChI=1S/C21H25N11O2/c1-29-4-6-30(7-5-29)10-15-11-31(12-22-15)19-26-17-13(8-16-18(33)27-21(34)25-16)9-23-32(17)20(28-19)24-14-2-3-14/h8-9,11-12,14,33H,2-7,10H2,1H3,(H2,25,27,34). The summed E-state index contributed by atoms with van der Waals surface area (Å²) in [6.07, 6.45) is 8.93. The zero-order valence-corrected chi connectivity index (χ0v) is 18.7. The first-order valence-electron chi connectivity index (χ1n) is 11.3. The van der Waals surface area contributed by atoms with Crippen LogP contribution in [0, 0.1) is 0 Å². The molecule has 1 aliphatic heterocycles. The summed E-state index contributed by atoms with van der Waals surface area (Å²) in [4.78, 5) is 39.7. The number of hydrogen-bond donors (Lipinski definition) is 3. The monoisotopic (exact) mass is 463 g/mol. The third kappa shape index (κ3) is 4.10. The van der Waals surface area contributed by atoms with Gasteiger partial charge in [-0.3, -0.25) is 14.5 Å². The van der Waals surface area contributed by atoms with Gasteiger partial charge in [-0.1, -0.05) is 0 Å². The van der Waals surface area contributed by atoms with Crippen LogP contribution in [0.1, 0.15) is 24.2 Å². The molecule has 0 radical (unpaired) electrons. The Bertz CT molecular complexity index is 1520. The topological polar surface area (TPSA) is 149 Å². The van der Waals surface area contributed by atoms with Gasteiger partial charge >= 0.3 is 5.69 Å². The number of nitrogens with one attached hydrogen (secondary N) is 2. The molecule has 0 spiro atoms. The number of rotatable bonds is 5. The molecule has 0 unspecified atom stereocenters. The van der Waals surface area contributed by atoms with Crippen molar-refractivity contribution in [1.29, 1.82) is 0 Å². The number of H-pyrrole nitrogens is 2. The maximum atomic E-state index is 11.5. The van der Waals surface area contributed by atoms with Gasteiger partial charge in [0.1, 0.15) is 12.0 Å². The Morgan fingerprint density at radius 1 is 1.21 bits per heavy atom. The molecule has 5 heterocycles. The molecular weight excluding hydrogens is 438 g/mol. The number of aromatic amines is 2. The van der Waals surface area contributed by atoms with Crippen molar-refractivity contribution in [3.63, 3.8) is 0 Å². The first-order valence-corrected chi connectivity index (χ1v) is 11.3. The third-order valence-electron chi connectivity index (χ3n) is 6.09. The predicted molar refractivity (Wildman–Crippen MR) is 121 cm³/mol. The lowest BCUT2D eigenvalue weighted by atomic mass is 10.3. The van der Waals surface area contributed by atoms with E-state index in [1.54, 1.807) is 27.7 Å². The minimum atomic E-state index is -0.494. The highest BCUT2D eigenvalue weighted by Gasteiger charge is 2.21. The van der Waals surface area contributed by atoms with Crippen molar-refractivity contribution in [1.82, 2.24) is 48.9 Å². The Morgan fingerprint density at radius 2 is 2.03 bits per heavy atom. The molecule has 2 aliphatic rings. The van der Waals surface area contributed by atoms with Crippen molar-refractivity contribution in [2.75, 3.05) is 33.2 Å². The van der Waals surface area contributed by atoms with Crippen LogP contribution >= 0.6 is 0 Å². The number of likely N-dealkylation sites (N-methyl/N-ethyl adjacent to an activating group) is 1. The highest BCUT2D eigenvalue weighted by atomic mass is 16.3. The van der Waals surface area contributed by atoms with Gasteiger partial charge < -0.3 is 15.0 Å². The second-order valence-corrected chi connectivity index (χ2v) is 8.86. The minimum absolute atomic E-state index is 0.239. The van der Waals surface area contributed by atoms with Gasteiger partial charge in [0, 0.05) is 44.1 Å². The first kappa shape index (κ1) is 20.7. The van der Waals surface area contributed by atoms with Crippen molar-refractivity contribution in [3.8, 4) is 11.8 Å². The van der Waals surface area contributed by atoms with E-state index >= 15 is 0 Å². The smallest absolute Gasteiger partial charge is 0.326 e. The fraction of sp³-hybridized carbons (Fsp3) is 0.429. The van der Waals surface area contributed by atoms with Gasteiger partial charge in [0.05, 0.1) is 17.9 Å². The average Bonchev–Trinajstić information content (AvgIpc) is 3.20. The lowest BCUT2D eigenvalue weighted by Crippen LogP contribution is -2.43. The molecule has 1 saturated carbocycles. The van der Waals surface area contributed by atoms with Gasteiger partial charge in [-0.2, -0.15) is 19.6 Å². The van der Waals surface area contributed by atoms with Gasteiger partial charge in [-0.05, 0) is 26.0 Å². The van der Waals surface area contributed by atoms with Crippen LogP contribution in [0.5, 0.6) is 5.88 Å². The van der Waals surface area contributed by atoms with Crippen LogP contribution in [0.15, 0.2) is 28.5 Å². The maximum absolute atomic E-state index is 11.5. The first-order chi connectivity index (χ1) is 16.5. The molecule has 34 heavy (non-hydrogen) atoms. The summed E-state index contributed by atoms with van der Waals surface area (Å²) in [7, 11) is 2.14. The average molecular weight is 464 g/mol. The second kappa shape index (κ2) is 8.18. The van der Waals surface area contributed by atoms with Crippen molar-refractivity contribution in [3.05, 3.63) is 51.4 Å². The lowest BCUT2D eigenvalue weighted by molar-refractivity contribution is 0.147. The van der Waals surface area contributed by atoms with Gasteiger partial charge in [0.15, 0.2) is 5.65 Å². The van der Waals surface area contributed by atoms with E-state index in [0.717, 1.165) is 51.3 Å². The molecule has 176 valence electrons. The van der Waals surface area contributed by atoms with Crippen molar-refractivity contribution >= 4 is 11.7 Å².